The van der Waals surface area contributed by atoms with Crippen molar-refractivity contribution in [3.05, 3.63) is 35.9 Å². The third kappa shape index (κ3) is 2.85. The fourth-order valence-corrected chi connectivity index (χ4v) is 1.24. The second kappa shape index (κ2) is 4.65. The summed E-state index contributed by atoms with van der Waals surface area (Å²) < 4.78 is 5.52. The lowest BCUT2D eigenvalue weighted by Gasteiger charge is -2.12. The van der Waals surface area contributed by atoms with Crippen molar-refractivity contribution in [2.45, 2.75) is 26.9 Å². The summed E-state index contributed by atoms with van der Waals surface area (Å²) in [6.07, 6.45) is 0.0766. The largest absolute Gasteiger partial charge is 0.490 e. The Balaban J connectivity index is 3.11. The molecule has 0 heterocycles. The van der Waals surface area contributed by atoms with Crippen LogP contribution in [0.1, 0.15) is 31.9 Å². The van der Waals surface area contributed by atoms with E-state index in [9.17, 15) is 0 Å². The van der Waals surface area contributed by atoms with Gasteiger partial charge in [0, 0.05) is 0 Å². The Labute approximate surface area is 90.8 Å². The van der Waals surface area contributed by atoms with Crippen LogP contribution >= 0.6 is 0 Å². The number of ether oxygens (including phenoxy) is 1. The number of rotatable bonds is 3. The predicted molar refractivity (Wildman–Crippen MR) is 61.6 cm³/mol. The molecule has 0 aliphatic rings. The predicted octanol–water partition coefficient (Wildman–Crippen LogP) is 3.38. The minimum Gasteiger partial charge on any atom is -0.490 e. The first-order valence-electron chi connectivity index (χ1n) is 4.91. The molecule has 0 unspecified atom stereocenters. The van der Waals surface area contributed by atoms with E-state index in [1.165, 1.54) is 0 Å². The zero-order valence-corrected chi connectivity index (χ0v) is 9.37. The van der Waals surface area contributed by atoms with E-state index in [0.29, 0.717) is 11.3 Å². The van der Waals surface area contributed by atoms with Gasteiger partial charge in [-0.3, -0.25) is 0 Å². The lowest BCUT2D eigenvalue weighted by Crippen LogP contribution is -2.06. The van der Waals surface area contributed by atoms with Gasteiger partial charge in [-0.15, -0.1) is 0 Å². The summed E-state index contributed by atoms with van der Waals surface area (Å²) in [4.78, 5) is 0. The fraction of sp³-hybridized carbons (Fsp3) is 0.308. The zero-order valence-electron chi connectivity index (χ0n) is 9.37. The average Bonchev–Trinajstić information content (AvgIpc) is 2.17. The van der Waals surface area contributed by atoms with Crippen LogP contribution in [0.25, 0.3) is 5.57 Å². The molecule has 2 heteroatoms. The number of hydrogen-bond donors (Lipinski definition) is 0. The molecule has 0 fully saturated rings. The Morgan fingerprint density at radius 1 is 1.47 bits per heavy atom. The van der Waals surface area contributed by atoms with Crippen molar-refractivity contribution in [2.75, 3.05) is 0 Å². The van der Waals surface area contributed by atoms with Crippen LogP contribution in [0, 0.1) is 11.3 Å². The Morgan fingerprint density at radius 2 is 2.13 bits per heavy atom. The summed E-state index contributed by atoms with van der Waals surface area (Å²) in [5, 5.41) is 8.98. The van der Waals surface area contributed by atoms with Crippen molar-refractivity contribution in [3.63, 3.8) is 0 Å². The van der Waals surface area contributed by atoms with Gasteiger partial charge in [0.2, 0.25) is 0 Å². The highest BCUT2D eigenvalue weighted by Crippen LogP contribution is 2.23. The highest BCUT2D eigenvalue weighted by molar-refractivity contribution is 5.64. The molecule has 2 nitrogen and oxygen atoms in total. The summed E-state index contributed by atoms with van der Waals surface area (Å²) >= 11 is 0. The maximum atomic E-state index is 8.98. The minimum atomic E-state index is 0.0766. The molecule has 0 saturated heterocycles. The van der Waals surface area contributed by atoms with Crippen LogP contribution in [0.5, 0.6) is 5.75 Å². The number of allylic oxidation sites excluding steroid dienone is 1. The molecule has 1 rings (SSSR count). The molecule has 0 spiro atoms. The van der Waals surface area contributed by atoms with E-state index in [4.69, 9.17) is 10.00 Å². The third-order valence-electron chi connectivity index (χ3n) is 1.96. The van der Waals surface area contributed by atoms with Crippen molar-refractivity contribution in [2.24, 2.45) is 0 Å². The summed E-state index contributed by atoms with van der Waals surface area (Å²) in [5.41, 5.74) is 2.48. The summed E-state index contributed by atoms with van der Waals surface area (Å²) in [6.45, 7) is 9.63. The minimum absolute atomic E-state index is 0.0766. The average molecular weight is 201 g/mol. The molecular weight excluding hydrogens is 186 g/mol. The molecule has 0 saturated carbocycles. The van der Waals surface area contributed by atoms with Crippen molar-refractivity contribution >= 4 is 5.57 Å². The molecule has 15 heavy (non-hydrogen) atoms. The van der Waals surface area contributed by atoms with Crippen molar-refractivity contribution in [1.29, 1.82) is 5.26 Å². The first kappa shape index (κ1) is 11.3. The van der Waals surface area contributed by atoms with Gasteiger partial charge in [0.25, 0.3) is 0 Å². The van der Waals surface area contributed by atoms with Gasteiger partial charge in [-0.2, -0.15) is 5.26 Å². The molecule has 0 aliphatic heterocycles. The van der Waals surface area contributed by atoms with E-state index in [1.54, 1.807) is 6.07 Å². The number of nitriles is 1. The van der Waals surface area contributed by atoms with Gasteiger partial charge in [0.1, 0.15) is 11.8 Å². The molecular formula is C13H15NO. The van der Waals surface area contributed by atoms with Gasteiger partial charge in [-0.05, 0) is 38.5 Å². The maximum Gasteiger partial charge on any atom is 0.137 e. The molecule has 0 radical (unpaired) electrons. The Hall–Kier alpha value is -1.75. The van der Waals surface area contributed by atoms with Gasteiger partial charge >= 0.3 is 0 Å². The van der Waals surface area contributed by atoms with E-state index in [2.05, 4.69) is 12.6 Å². The smallest absolute Gasteiger partial charge is 0.137 e. The highest BCUT2D eigenvalue weighted by atomic mass is 16.5. The van der Waals surface area contributed by atoms with Crippen LogP contribution in [0.4, 0.5) is 0 Å². The van der Waals surface area contributed by atoms with Gasteiger partial charge in [0.05, 0.1) is 11.7 Å². The van der Waals surface area contributed by atoms with Crippen LogP contribution in [0.15, 0.2) is 24.8 Å². The first-order chi connectivity index (χ1) is 7.04. The summed E-state index contributed by atoms with van der Waals surface area (Å²) in [5.74, 6) is 0.637. The summed E-state index contributed by atoms with van der Waals surface area (Å²) in [6, 6.07) is 7.68. The van der Waals surface area contributed by atoms with E-state index < -0.39 is 0 Å². The Bertz CT molecular complexity index is 413. The lowest BCUT2D eigenvalue weighted by molar-refractivity contribution is 0.241. The van der Waals surface area contributed by atoms with Crippen LogP contribution in [-0.2, 0) is 0 Å². The lowest BCUT2D eigenvalue weighted by atomic mass is 10.1. The monoisotopic (exact) mass is 201 g/mol. The van der Waals surface area contributed by atoms with Crippen LogP contribution in [0.3, 0.4) is 0 Å². The molecule has 0 amide bonds. The summed E-state index contributed by atoms with van der Waals surface area (Å²) in [7, 11) is 0. The van der Waals surface area contributed by atoms with Gasteiger partial charge < -0.3 is 4.74 Å². The topological polar surface area (TPSA) is 33.0 Å². The van der Waals surface area contributed by atoms with Gasteiger partial charge in [-0.25, -0.2) is 0 Å². The van der Waals surface area contributed by atoms with Crippen molar-refractivity contribution in [3.8, 4) is 11.8 Å². The van der Waals surface area contributed by atoms with Crippen LogP contribution in [0.2, 0.25) is 0 Å². The van der Waals surface area contributed by atoms with Crippen molar-refractivity contribution in [1.82, 2.24) is 0 Å². The first-order valence-corrected chi connectivity index (χ1v) is 4.91. The number of nitrogens with zero attached hydrogens (tertiary/aromatic N) is 1. The molecule has 1 aromatic rings. The second-order valence-corrected chi connectivity index (χ2v) is 3.77. The fourth-order valence-electron chi connectivity index (χ4n) is 1.24. The molecule has 1 aromatic carbocycles. The highest BCUT2D eigenvalue weighted by Gasteiger charge is 2.06. The van der Waals surface area contributed by atoms with E-state index in [1.807, 2.05) is 32.9 Å². The molecule has 0 aliphatic carbocycles. The van der Waals surface area contributed by atoms with E-state index >= 15 is 0 Å². The zero-order chi connectivity index (χ0) is 11.4. The molecule has 0 aromatic heterocycles. The van der Waals surface area contributed by atoms with Crippen LogP contribution in [-0.4, -0.2) is 6.10 Å². The standard InChI is InChI=1S/C13H15NO/c1-9(2)11-5-6-13(15-10(3)4)12(7-11)8-14/h5-7,10H,1H2,2-4H3. The Morgan fingerprint density at radius 3 is 2.60 bits per heavy atom. The van der Waals surface area contributed by atoms with E-state index in [0.717, 1.165) is 11.1 Å². The van der Waals surface area contributed by atoms with Gasteiger partial charge in [-0.1, -0.05) is 18.2 Å². The Kier molecular flexibility index (Phi) is 3.51. The molecule has 0 N–H and O–H groups in total. The molecule has 0 bridgehead atoms. The maximum absolute atomic E-state index is 8.98. The number of benzene rings is 1. The molecule has 0 atom stereocenters. The quantitative estimate of drug-likeness (QED) is 0.751. The second-order valence-electron chi connectivity index (χ2n) is 3.77. The van der Waals surface area contributed by atoms with Gasteiger partial charge in [0.15, 0.2) is 0 Å². The SMILES string of the molecule is C=C(C)c1ccc(OC(C)C)c(C#N)c1. The third-order valence-corrected chi connectivity index (χ3v) is 1.96. The normalized spacial score (nSPS) is 9.80. The van der Waals surface area contributed by atoms with Crippen molar-refractivity contribution < 1.29 is 4.74 Å². The molecule has 78 valence electrons. The van der Waals surface area contributed by atoms with E-state index in [-0.39, 0.29) is 6.10 Å². The number of hydrogen-bond acceptors (Lipinski definition) is 2. The van der Waals surface area contributed by atoms with Crippen LogP contribution < -0.4 is 4.74 Å².